The Morgan fingerprint density at radius 2 is 1.79 bits per heavy atom. The lowest BCUT2D eigenvalue weighted by atomic mass is 10.2. The van der Waals surface area contributed by atoms with Gasteiger partial charge in [0.1, 0.15) is 0 Å². The van der Waals surface area contributed by atoms with Crippen LogP contribution in [0.4, 0.5) is 6.01 Å². The van der Waals surface area contributed by atoms with Crippen molar-refractivity contribution in [1.29, 1.82) is 0 Å². The van der Waals surface area contributed by atoms with Gasteiger partial charge in [-0.15, -0.1) is 16.9 Å². The second kappa shape index (κ2) is 9.71. The Morgan fingerprint density at radius 1 is 1.07 bits per heavy atom. The van der Waals surface area contributed by atoms with E-state index < -0.39 is 9.84 Å². The van der Waals surface area contributed by atoms with Gasteiger partial charge in [-0.25, -0.2) is 8.42 Å². The number of nitrogens with zero attached hydrogens (tertiary/aromatic N) is 2. The van der Waals surface area contributed by atoms with Crippen LogP contribution in [0.15, 0.2) is 68.8 Å². The van der Waals surface area contributed by atoms with E-state index in [4.69, 9.17) is 4.42 Å². The smallest absolute Gasteiger partial charge is 0.322 e. The van der Waals surface area contributed by atoms with Crippen molar-refractivity contribution in [3.05, 3.63) is 66.1 Å². The molecule has 0 aliphatic carbocycles. The Kier molecular flexibility index (Phi) is 7.05. The molecule has 152 valence electrons. The van der Waals surface area contributed by atoms with Gasteiger partial charge in [-0.1, -0.05) is 41.0 Å². The zero-order chi connectivity index (χ0) is 20.7. The van der Waals surface area contributed by atoms with Gasteiger partial charge in [0.15, 0.2) is 9.84 Å². The molecule has 0 fully saturated rings. The molecule has 2 aromatic carbocycles. The first-order valence-electron chi connectivity index (χ1n) is 9.02. The minimum atomic E-state index is -3.43. The van der Waals surface area contributed by atoms with Crippen LogP contribution in [0.2, 0.25) is 0 Å². The van der Waals surface area contributed by atoms with Crippen molar-refractivity contribution in [3.8, 4) is 0 Å². The molecule has 29 heavy (non-hydrogen) atoms. The third-order valence-corrected chi connectivity index (χ3v) is 6.76. The van der Waals surface area contributed by atoms with Crippen molar-refractivity contribution in [2.45, 2.75) is 29.6 Å². The monoisotopic (exact) mass is 431 g/mol. The lowest BCUT2D eigenvalue weighted by molar-refractivity contribution is -0.115. The fraction of sp³-hybridized carbons (Fsp3) is 0.250. The molecule has 0 bridgehead atoms. The van der Waals surface area contributed by atoms with E-state index in [1.165, 1.54) is 5.56 Å². The molecule has 0 unspecified atom stereocenters. The lowest BCUT2D eigenvalue weighted by Crippen LogP contribution is -2.12. The van der Waals surface area contributed by atoms with Crippen LogP contribution in [0.3, 0.4) is 0 Å². The van der Waals surface area contributed by atoms with Gasteiger partial charge in [-0.05, 0) is 31.2 Å². The number of carbonyl (C=O) groups is 1. The van der Waals surface area contributed by atoms with Crippen LogP contribution in [0.5, 0.6) is 0 Å². The number of aryl methyl sites for hydroxylation is 2. The summed E-state index contributed by atoms with van der Waals surface area (Å²) in [6, 6.07) is 16.3. The van der Waals surface area contributed by atoms with Gasteiger partial charge in [-0.3, -0.25) is 10.1 Å². The molecule has 1 aromatic heterocycles. The van der Waals surface area contributed by atoms with Gasteiger partial charge in [-0.2, -0.15) is 0 Å². The van der Waals surface area contributed by atoms with Gasteiger partial charge in [0.05, 0.1) is 10.6 Å². The predicted molar refractivity (Wildman–Crippen MR) is 112 cm³/mol. The number of hydrogen-bond donors (Lipinski definition) is 1. The van der Waals surface area contributed by atoms with Crippen molar-refractivity contribution < 1.29 is 17.6 Å². The van der Waals surface area contributed by atoms with Crippen molar-refractivity contribution in [3.63, 3.8) is 0 Å². The summed E-state index contributed by atoms with van der Waals surface area (Å²) < 4.78 is 29.9. The van der Waals surface area contributed by atoms with Crippen LogP contribution >= 0.6 is 11.8 Å². The number of thioether (sulfide) groups is 1. The molecular formula is C20H21N3O4S2. The first-order valence-corrected chi connectivity index (χ1v) is 11.7. The van der Waals surface area contributed by atoms with Crippen LogP contribution in [0.1, 0.15) is 17.9 Å². The van der Waals surface area contributed by atoms with E-state index in [-0.39, 0.29) is 34.9 Å². The highest BCUT2D eigenvalue weighted by Crippen LogP contribution is 2.19. The third-order valence-electron chi connectivity index (χ3n) is 4.02. The molecule has 3 rings (SSSR count). The molecule has 0 aliphatic rings. The summed E-state index contributed by atoms with van der Waals surface area (Å²) in [5.74, 6) is 0.385. The SMILES string of the molecule is Cc1ccc(SCCC(=O)Nc2nnc(CCS(=O)(=O)c3ccccc3)o2)cc1. The molecule has 0 saturated heterocycles. The zero-order valence-corrected chi connectivity index (χ0v) is 17.5. The van der Waals surface area contributed by atoms with Gasteiger partial charge in [0, 0.05) is 23.5 Å². The Balaban J connectivity index is 1.44. The molecule has 0 aliphatic heterocycles. The molecule has 1 amide bonds. The average Bonchev–Trinajstić information content (AvgIpc) is 3.16. The number of sulfone groups is 1. The number of benzene rings is 2. The maximum Gasteiger partial charge on any atom is 0.322 e. The maximum absolute atomic E-state index is 12.3. The molecular weight excluding hydrogens is 410 g/mol. The summed E-state index contributed by atoms with van der Waals surface area (Å²) in [5, 5.41) is 10.1. The molecule has 0 saturated carbocycles. The Labute approximate surface area is 173 Å². The number of hydrogen-bond acceptors (Lipinski definition) is 7. The van der Waals surface area contributed by atoms with Crippen LogP contribution in [-0.4, -0.2) is 36.0 Å². The Morgan fingerprint density at radius 3 is 2.52 bits per heavy atom. The minimum absolute atomic E-state index is 0.0255. The highest BCUT2D eigenvalue weighted by Gasteiger charge is 2.17. The number of rotatable bonds is 9. The predicted octanol–water partition coefficient (Wildman–Crippen LogP) is 3.52. The summed E-state index contributed by atoms with van der Waals surface area (Å²) in [5.41, 5.74) is 1.19. The molecule has 9 heteroatoms. The van der Waals surface area contributed by atoms with E-state index in [2.05, 4.69) is 15.5 Å². The van der Waals surface area contributed by atoms with Crippen molar-refractivity contribution in [1.82, 2.24) is 10.2 Å². The third kappa shape index (κ3) is 6.43. The second-order valence-electron chi connectivity index (χ2n) is 6.34. The van der Waals surface area contributed by atoms with Crippen molar-refractivity contribution in [2.24, 2.45) is 0 Å². The Bertz CT molecular complexity index is 1050. The molecule has 0 atom stereocenters. The Hall–Kier alpha value is -2.65. The number of nitrogens with one attached hydrogen (secondary N) is 1. The standard InChI is InChI=1S/C20H21N3O4S2/c1-15-7-9-16(10-8-15)28-13-11-18(24)21-20-23-22-19(27-20)12-14-29(25,26)17-5-3-2-4-6-17/h2-10H,11-14H2,1H3,(H,21,23,24). The van der Waals surface area contributed by atoms with Gasteiger partial charge >= 0.3 is 6.01 Å². The maximum atomic E-state index is 12.3. The molecule has 0 spiro atoms. The van der Waals surface area contributed by atoms with Gasteiger partial charge in [0.2, 0.25) is 11.8 Å². The lowest BCUT2D eigenvalue weighted by Gasteiger charge is -2.03. The van der Waals surface area contributed by atoms with Gasteiger partial charge < -0.3 is 4.42 Å². The fourth-order valence-corrected chi connectivity index (χ4v) is 4.55. The molecule has 7 nitrogen and oxygen atoms in total. The first-order chi connectivity index (χ1) is 13.9. The highest BCUT2D eigenvalue weighted by atomic mass is 32.2. The fourth-order valence-electron chi connectivity index (χ4n) is 2.45. The van der Waals surface area contributed by atoms with E-state index in [0.717, 1.165) is 4.90 Å². The number of aromatic nitrogens is 2. The van der Waals surface area contributed by atoms with E-state index in [1.54, 1.807) is 42.1 Å². The number of carbonyl (C=O) groups excluding carboxylic acids is 1. The molecule has 3 aromatic rings. The minimum Gasteiger partial charge on any atom is -0.408 e. The summed E-state index contributed by atoms with van der Waals surface area (Å²) in [6.07, 6.45) is 0.363. The van der Waals surface area contributed by atoms with Crippen LogP contribution in [-0.2, 0) is 21.1 Å². The average molecular weight is 432 g/mol. The van der Waals surface area contributed by atoms with Gasteiger partial charge in [0.25, 0.3) is 0 Å². The second-order valence-corrected chi connectivity index (χ2v) is 9.62. The van der Waals surface area contributed by atoms with E-state index >= 15 is 0 Å². The topological polar surface area (TPSA) is 102 Å². The van der Waals surface area contributed by atoms with Crippen molar-refractivity contribution in [2.75, 3.05) is 16.8 Å². The van der Waals surface area contributed by atoms with Crippen LogP contribution < -0.4 is 5.32 Å². The number of amides is 1. The molecule has 1 heterocycles. The van der Waals surface area contributed by atoms with E-state index in [0.29, 0.717) is 12.2 Å². The van der Waals surface area contributed by atoms with E-state index in [1.807, 2.05) is 31.2 Å². The number of anilines is 1. The summed E-state index contributed by atoms with van der Waals surface area (Å²) in [4.78, 5) is 13.4. The van der Waals surface area contributed by atoms with Crippen molar-refractivity contribution >= 4 is 33.5 Å². The summed E-state index contributed by atoms with van der Waals surface area (Å²) in [7, 11) is -3.43. The summed E-state index contributed by atoms with van der Waals surface area (Å²) >= 11 is 1.59. The molecule has 1 N–H and O–H groups in total. The molecule has 0 radical (unpaired) electrons. The first kappa shape index (κ1) is 21.1. The quantitative estimate of drug-likeness (QED) is 0.517. The van der Waals surface area contributed by atoms with Crippen LogP contribution in [0.25, 0.3) is 0 Å². The summed E-state index contributed by atoms with van der Waals surface area (Å²) in [6.45, 7) is 2.03. The van der Waals surface area contributed by atoms with E-state index in [9.17, 15) is 13.2 Å². The normalized spacial score (nSPS) is 11.3. The van der Waals surface area contributed by atoms with Crippen LogP contribution in [0, 0.1) is 6.92 Å². The largest absolute Gasteiger partial charge is 0.408 e. The highest BCUT2D eigenvalue weighted by molar-refractivity contribution is 7.99. The zero-order valence-electron chi connectivity index (χ0n) is 15.9.